The number of hydrogen-bond acceptors (Lipinski definition) is 3. The van der Waals surface area contributed by atoms with Crippen molar-refractivity contribution in [3.8, 4) is 0 Å². The molecule has 0 aliphatic carbocycles. The normalized spacial score (nSPS) is 14.0. The molecule has 2 unspecified atom stereocenters. The maximum absolute atomic E-state index is 11.7. The van der Waals surface area contributed by atoms with Crippen LogP contribution in [0.4, 0.5) is 0 Å². The molecule has 0 heterocycles. The number of halogens is 1. The second-order valence-electron chi connectivity index (χ2n) is 4.36. The van der Waals surface area contributed by atoms with E-state index in [-0.39, 0.29) is 17.9 Å². The highest BCUT2D eigenvalue weighted by atomic mass is 79.9. The Morgan fingerprint density at radius 2 is 2.11 bits per heavy atom. The van der Waals surface area contributed by atoms with Gasteiger partial charge < -0.3 is 10.1 Å². The van der Waals surface area contributed by atoms with Crippen LogP contribution in [0.5, 0.6) is 0 Å². The molecule has 3 nitrogen and oxygen atoms in total. The van der Waals surface area contributed by atoms with Gasteiger partial charge in [0.15, 0.2) is 0 Å². The van der Waals surface area contributed by atoms with E-state index in [1.807, 2.05) is 24.3 Å². The van der Waals surface area contributed by atoms with Crippen molar-refractivity contribution in [1.29, 1.82) is 0 Å². The number of esters is 1. The van der Waals surface area contributed by atoms with Crippen molar-refractivity contribution >= 4 is 21.9 Å². The van der Waals surface area contributed by atoms with Crippen LogP contribution >= 0.6 is 15.9 Å². The zero-order valence-corrected chi connectivity index (χ0v) is 12.7. The van der Waals surface area contributed by atoms with E-state index in [0.717, 1.165) is 16.5 Å². The summed E-state index contributed by atoms with van der Waals surface area (Å²) < 4.78 is 5.89. The summed E-state index contributed by atoms with van der Waals surface area (Å²) in [6.07, 6.45) is 0.933. The van der Waals surface area contributed by atoms with Crippen LogP contribution in [-0.4, -0.2) is 19.1 Å². The molecule has 0 amide bonds. The van der Waals surface area contributed by atoms with Crippen LogP contribution in [0.3, 0.4) is 0 Å². The van der Waals surface area contributed by atoms with E-state index in [9.17, 15) is 4.79 Å². The predicted molar refractivity (Wildman–Crippen MR) is 76.2 cm³/mol. The quantitative estimate of drug-likeness (QED) is 0.820. The van der Waals surface area contributed by atoms with Gasteiger partial charge in [-0.25, -0.2) is 0 Å². The minimum absolute atomic E-state index is 0.198. The molecule has 0 spiro atoms. The Labute approximate surface area is 117 Å². The maximum Gasteiger partial charge on any atom is 0.323 e. The van der Waals surface area contributed by atoms with Crippen molar-refractivity contribution < 1.29 is 9.53 Å². The highest BCUT2D eigenvalue weighted by Crippen LogP contribution is 2.17. The zero-order valence-electron chi connectivity index (χ0n) is 11.1. The molecule has 1 aromatic carbocycles. The Morgan fingerprint density at radius 1 is 1.44 bits per heavy atom. The molecule has 0 saturated carbocycles. The van der Waals surface area contributed by atoms with Crippen LogP contribution in [0.1, 0.15) is 25.8 Å². The number of methoxy groups -OCH3 is 1. The van der Waals surface area contributed by atoms with Gasteiger partial charge in [0.05, 0.1) is 7.11 Å². The molecule has 4 heteroatoms. The molecular formula is C14H20BrNO2. The topological polar surface area (TPSA) is 38.3 Å². The molecule has 0 bridgehead atoms. The van der Waals surface area contributed by atoms with Crippen LogP contribution in [-0.2, 0) is 16.1 Å². The molecule has 0 aliphatic rings. The van der Waals surface area contributed by atoms with Crippen molar-refractivity contribution in [3.05, 3.63) is 34.3 Å². The first kappa shape index (κ1) is 15.2. The van der Waals surface area contributed by atoms with Gasteiger partial charge in [0.1, 0.15) is 6.04 Å². The first-order valence-corrected chi connectivity index (χ1v) is 6.94. The molecule has 18 heavy (non-hydrogen) atoms. The average Bonchev–Trinajstić information content (AvgIpc) is 2.40. The maximum atomic E-state index is 11.7. The highest BCUT2D eigenvalue weighted by molar-refractivity contribution is 9.10. The summed E-state index contributed by atoms with van der Waals surface area (Å²) in [7, 11) is 1.43. The Balaban J connectivity index is 2.68. The van der Waals surface area contributed by atoms with E-state index in [0.29, 0.717) is 6.54 Å². The van der Waals surface area contributed by atoms with Gasteiger partial charge in [-0.3, -0.25) is 4.79 Å². The van der Waals surface area contributed by atoms with Crippen LogP contribution in [0, 0.1) is 5.92 Å². The Morgan fingerprint density at radius 3 is 2.67 bits per heavy atom. The summed E-state index contributed by atoms with van der Waals surface area (Å²) in [6, 6.07) is 7.72. The van der Waals surface area contributed by atoms with Crippen LogP contribution in [0.15, 0.2) is 28.7 Å². The first-order valence-electron chi connectivity index (χ1n) is 6.14. The lowest BCUT2D eigenvalue weighted by atomic mass is 9.99. The number of nitrogens with one attached hydrogen (secondary N) is 1. The lowest BCUT2D eigenvalue weighted by molar-refractivity contribution is -0.144. The van der Waals surface area contributed by atoms with Crippen molar-refractivity contribution in [2.45, 2.75) is 32.9 Å². The van der Waals surface area contributed by atoms with Gasteiger partial charge in [-0.05, 0) is 17.5 Å². The minimum atomic E-state index is -0.257. The largest absolute Gasteiger partial charge is 0.468 e. The van der Waals surface area contributed by atoms with Crippen LogP contribution in [0.2, 0.25) is 0 Å². The van der Waals surface area contributed by atoms with Crippen LogP contribution in [0.25, 0.3) is 0 Å². The molecule has 1 rings (SSSR count). The third kappa shape index (κ3) is 4.10. The molecule has 0 fully saturated rings. The molecule has 1 N–H and O–H groups in total. The first-order chi connectivity index (χ1) is 8.60. The number of hydrogen-bond donors (Lipinski definition) is 1. The lowest BCUT2D eigenvalue weighted by Gasteiger charge is -2.22. The van der Waals surface area contributed by atoms with Gasteiger partial charge in [-0.1, -0.05) is 54.4 Å². The summed E-state index contributed by atoms with van der Waals surface area (Å²) in [4.78, 5) is 11.7. The van der Waals surface area contributed by atoms with Gasteiger partial charge in [0.25, 0.3) is 0 Å². The second kappa shape index (κ2) is 7.54. The average molecular weight is 314 g/mol. The van der Waals surface area contributed by atoms with Gasteiger partial charge in [0.2, 0.25) is 0 Å². The van der Waals surface area contributed by atoms with Crippen molar-refractivity contribution in [2.24, 2.45) is 5.92 Å². The van der Waals surface area contributed by atoms with Gasteiger partial charge in [-0.2, -0.15) is 0 Å². The SMILES string of the molecule is CCC(C)C(NCc1ccccc1Br)C(=O)OC. The number of rotatable bonds is 6. The van der Waals surface area contributed by atoms with E-state index in [1.165, 1.54) is 7.11 Å². The fourth-order valence-corrected chi connectivity index (χ4v) is 2.17. The summed E-state index contributed by atoms with van der Waals surface area (Å²) in [5, 5.41) is 3.27. The highest BCUT2D eigenvalue weighted by Gasteiger charge is 2.24. The smallest absolute Gasteiger partial charge is 0.323 e. The minimum Gasteiger partial charge on any atom is -0.468 e. The second-order valence-corrected chi connectivity index (χ2v) is 5.21. The number of carbonyl (C=O) groups excluding carboxylic acids is 1. The van der Waals surface area contributed by atoms with Gasteiger partial charge >= 0.3 is 5.97 Å². The zero-order chi connectivity index (χ0) is 13.5. The van der Waals surface area contributed by atoms with Gasteiger partial charge in [-0.15, -0.1) is 0 Å². The van der Waals surface area contributed by atoms with Gasteiger partial charge in [0, 0.05) is 11.0 Å². The monoisotopic (exact) mass is 313 g/mol. The summed E-state index contributed by atoms with van der Waals surface area (Å²) in [6.45, 7) is 4.76. The molecule has 0 radical (unpaired) electrons. The molecule has 2 atom stereocenters. The van der Waals surface area contributed by atoms with Crippen molar-refractivity contribution in [3.63, 3.8) is 0 Å². The molecule has 1 aromatic rings. The Bertz CT molecular complexity index is 395. The van der Waals surface area contributed by atoms with Crippen molar-refractivity contribution in [2.75, 3.05) is 7.11 Å². The number of carbonyl (C=O) groups is 1. The van der Waals surface area contributed by atoms with Crippen LogP contribution < -0.4 is 5.32 Å². The fourth-order valence-electron chi connectivity index (χ4n) is 1.74. The van der Waals surface area contributed by atoms with E-state index < -0.39 is 0 Å². The molecule has 100 valence electrons. The summed E-state index contributed by atoms with van der Waals surface area (Å²) in [5.41, 5.74) is 1.13. The fraction of sp³-hybridized carbons (Fsp3) is 0.500. The molecule has 0 aromatic heterocycles. The van der Waals surface area contributed by atoms with E-state index in [2.05, 4.69) is 35.1 Å². The van der Waals surface area contributed by atoms with E-state index in [4.69, 9.17) is 4.74 Å². The number of benzene rings is 1. The standard InChI is InChI=1S/C14H20BrNO2/c1-4-10(2)13(14(17)18-3)16-9-11-7-5-6-8-12(11)15/h5-8,10,13,16H,4,9H2,1-3H3. The van der Waals surface area contributed by atoms with E-state index in [1.54, 1.807) is 0 Å². The third-order valence-electron chi connectivity index (χ3n) is 3.14. The third-order valence-corrected chi connectivity index (χ3v) is 3.91. The molecular weight excluding hydrogens is 294 g/mol. The van der Waals surface area contributed by atoms with Crippen molar-refractivity contribution in [1.82, 2.24) is 5.32 Å². The Kier molecular flexibility index (Phi) is 6.36. The number of ether oxygens (including phenoxy) is 1. The lowest BCUT2D eigenvalue weighted by Crippen LogP contribution is -2.42. The molecule has 0 saturated heterocycles. The Hall–Kier alpha value is -0.870. The predicted octanol–water partition coefficient (Wildman–Crippen LogP) is 3.13. The van der Waals surface area contributed by atoms with E-state index >= 15 is 0 Å². The molecule has 0 aliphatic heterocycles. The summed E-state index contributed by atoms with van der Waals surface area (Å²) >= 11 is 3.50. The summed E-state index contributed by atoms with van der Waals surface area (Å²) in [5.74, 6) is 0.0522.